The van der Waals surface area contributed by atoms with Crippen LogP contribution in [0.15, 0.2) is 119 Å². The summed E-state index contributed by atoms with van der Waals surface area (Å²) < 4.78 is 0.199. The molecule has 2 nitrogen and oxygen atoms in total. The molecule has 2 heterocycles. The number of thioether (sulfide) groups is 2. The van der Waals surface area contributed by atoms with Gasteiger partial charge in [-0.3, -0.25) is 0 Å². The van der Waals surface area contributed by atoms with Gasteiger partial charge in [0, 0.05) is 43.8 Å². The lowest BCUT2D eigenvalue weighted by atomic mass is 9.65. The van der Waals surface area contributed by atoms with Gasteiger partial charge in [0.15, 0.2) is 0 Å². The van der Waals surface area contributed by atoms with Crippen molar-refractivity contribution in [3.63, 3.8) is 0 Å². The van der Waals surface area contributed by atoms with Crippen LogP contribution in [0.25, 0.3) is 0 Å². The predicted molar refractivity (Wildman–Crippen MR) is 180 cm³/mol. The Morgan fingerprint density at radius 2 is 1.81 bits per heavy atom. The molecule has 43 heavy (non-hydrogen) atoms. The normalized spacial score (nSPS) is 43.6. The lowest BCUT2D eigenvalue weighted by Crippen LogP contribution is -2.34. The summed E-state index contributed by atoms with van der Waals surface area (Å²) in [7, 11) is 0. The van der Waals surface area contributed by atoms with Crippen molar-refractivity contribution in [2.45, 2.75) is 59.5 Å². The van der Waals surface area contributed by atoms with Crippen molar-refractivity contribution >= 4 is 23.5 Å². The molecule has 2 fully saturated rings. The van der Waals surface area contributed by atoms with E-state index in [2.05, 4.69) is 128 Å². The first-order valence-electron chi connectivity index (χ1n) is 16.1. The molecule has 0 N–H and O–H groups in total. The van der Waals surface area contributed by atoms with E-state index in [1.165, 1.54) is 29.6 Å². The number of allylic oxidation sites excluding steroid dienone is 17. The van der Waals surface area contributed by atoms with Crippen molar-refractivity contribution in [1.29, 1.82) is 10.5 Å². The van der Waals surface area contributed by atoms with Gasteiger partial charge in [-0.2, -0.15) is 10.5 Å². The van der Waals surface area contributed by atoms with Gasteiger partial charge in [0.25, 0.3) is 0 Å². The van der Waals surface area contributed by atoms with Crippen LogP contribution in [-0.4, -0.2) is 20.5 Å². The molecule has 0 spiro atoms. The number of nitriles is 2. The highest BCUT2D eigenvalue weighted by Crippen LogP contribution is 2.62. The zero-order chi connectivity index (χ0) is 29.1. The van der Waals surface area contributed by atoms with E-state index in [0.29, 0.717) is 57.2 Å². The smallest absolute Gasteiger partial charge is 0.0997 e. The molecular weight excluding hydrogens is 561 g/mol. The summed E-state index contributed by atoms with van der Waals surface area (Å²) in [5, 5.41) is 21.8. The molecule has 216 valence electrons. The second-order valence-electron chi connectivity index (χ2n) is 13.6. The summed E-state index contributed by atoms with van der Waals surface area (Å²) in [5.74, 6) is 3.28. The monoisotopic (exact) mass is 598 g/mol. The lowest BCUT2D eigenvalue weighted by molar-refractivity contribution is 0.269. The molecule has 4 heteroatoms. The van der Waals surface area contributed by atoms with Gasteiger partial charge in [0.05, 0.1) is 17.7 Å². The molecule has 0 aromatic rings. The van der Waals surface area contributed by atoms with E-state index in [0.717, 1.165) is 30.4 Å². The highest BCUT2D eigenvalue weighted by molar-refractivity contribution is 8.01. The minimum atomic E-state index is 0.199. The largest absolute Gasteiger partial charge is 0.192 e. The van der Waals surface area contributed by atoms with Crippen LogP contribution in [0.3, 0.4) is 0 Å². The third kappa shape index (κ3) is 4.52. The van der Waals surface area contributed by atoms with Crippen LogP contribution >= 0.6 is 23.5 Å². The second-order valence-corrected chi connectivity index (χ2v) is 16.6. The lowest BCUT2D eigenvalue weighted by Gasteiger charge is -2.39. The molecule has 0 aromatic carbocycles. The Labute approximate surface area is 265 Å². The molecular formula is C39H38N2S2. The van der Waals surface area contributed by atoms with E-state index in [1.807, 2.05) is 6.08 Å². The summed E-state index contributed by atoms with van der Waals surface area (Å²) in [6, 6.07) is 5.14. The highest BCUT2D eigenvalue weighted by atomic mass is 32.2. The summed E-state index contributed by atoms with van der Waals surface area (Å²) in [4.78, 5) is 0. The Bertz CT molecular complexity index is 1610. The van der Waals surface area contributed by atoms with Crippen LogP contribution in [0.1, 0.15) is 39.0 Å². The maximum Gasteiger partial charge on any atom is 0.0997 e. The Balaban J connectivity index is 1.21. The van der Waals surface area contributed by atoms with Crippen LogP contribution in [-0.2, 0) is 0 Å². The highest BCUT2D eigenvalue weighted by Gasteiger charge is 2.54. The minimum Gasteiger partial charge on any atom is -0.192 e. The van der Waals surface area contributed by atoms with Crippen LogP contribution in [0, 0.1) is 64.1 Å². The molecule has 8 rings (SSSR count). The fourth-order valence-corrected chi connectivity index (χ4v) is 13.3. The summed E-state index contributed by atoms with van der Waals surface area (Å²) in [5.41, 5.74) is 5.61. The quantitative estimate of drug-likeness (QED) is 0.304. The predicted octanol–water partition coefficient (Wildman–Crippen LogP) is 9.15. The molecule has 11 atom stereocenters. The number of fused-ring (bicyclic) bond motifs is 6. The van der Waals surface area contributed by atoms with Crippen molar-refractivity contribution in [2.24, 2.45) is 41.4 Å². The zero-order valence-corrected chi connectivity index (χ0v) is 26.3. The maximum absolute atomic E-state index is 11.0. The van der Waals surface area contributed by atoms with Gasteiger partial charge in [-0.25, -0.2) is 0 Å². The molecule has 0 aromatic heterocycles. The van der Waals surface area contributed by atoms with Gasteiger partial charge < -0.3 is 0 Å². The van der Waals surface area contributed by atoms with E-state index in [-0.39, 0.29) is 4.75 Å². The molecule has 2 aliphatic heterocycles. The zero-order valence-electron chi connectivity index (χ0n) is 24.7. The van der Waals surface area contributed by atoms with Gasteiger partial charge in [0.1, 0.15) is 0 Å². The number of rotatable bonds is 3. The first-order chi connectivity index (χ1) is 21.1. The van der Waals surface area contributed by atoms with Gasteiger partial charge in [-0.05, 0) is 85.5 Å². The fourth-order valence-electron chi connectivity index (χ4n) is 9.38. The van der Waals surface area contributed by atoms with E-state index in [4.69, 9.17) is 0 Å². The second kappa shape index (κ2) is 10.9. The number of nitrogens with zero attached hydrogens (tertiary/aromatic N) is 2. The van der Waals surface area contributed by atoms with Crippen molar-refractivity contribution in [3.8, 4) is 12.1 Å². The average molecular weight is 599 g/mol. The topological polar surface area (TPSA) is 47.6 Å². The third-order valence-electron chi connectivity index (χ3n) is 11.5. The Morgan fingerprint density at radius 1 is 0.930 bits per heavy atom. The Kier molecular flexibility index (Phi) is 7.01. The van der Waals surface area contributed by atoms with E-state index >= 15 is 0 Å². The van der Waals surface area contributed by atoms with E-state index < -0.39 is 0 Å². The van der Waals surface area contributed by atoms with Crippen molar-refractivity contribution < 1.29 is 0 Å². The number of hydrogen-bond acceptors (Lipinski definition) is 4. The van der Waals surface area contributed by atoms with Crippen molar-refractivity contribution in [1.82, 2.24) is 0 Å². The third-order valence-corrected chi connectivity index (χ3v) is 15.0. The van der Waals surface area contributed by atoms with Crippen molar-refractivity contribution in [3.05, 3.63) is 119 Å². The first kappa shape index (κ1) is 27.6. The van der Waals surface area contributed by atoms with Gasteiger partial charge >= 0.3 is 0 Å². The molecule has 0 saturated carbocycles. The molecule has 11 unspecified atom stereocenters. The van der Waals surface area contributed by atoms with E-state index in [1.54, 1.807) is 0 Å². The minimum absolute atomic E-state index is 0.199. The van der Waals surface area contributed by atoms with Crippen LogP contribution in [0.4, 0.5) is 0 Å². The Hall–Kier alpha value is -2.92. The van der Waals surface area contributed by atoms with Crippen LogP contribution < -0.4 is 0 Å². The maximum atomic E-state index is 11.0. The SMILES string of the molecule is CC12C=CCCC1C1CC=CC(C3=C(C#N)C(C4=CC=CC5C4SC4C=CC=CC45)=CC(C4C=CC(C#N)=CC4)C3)C1S2. The van der Waals surface area contributed by atoms with E-state index in [9.17, 15) is 10.5 Å². The number of hydrogen-bond donors (Lipinski definition) is 0. The molecule has 2 saturated heterocycles. The van der Waals surface area contributed by atoms with Crippen LogP contribution in [0.5, 0.6) is 0 Å². The average Bonchev–Trinajstić information content (AvgIpc) is 3.59. The summed E-state index contributed by atoms with van der Waals surface area (Å²) in [6.45, 7) is 2.47. The fraction of sp³-hybridized carbons (Fsp3) is 0.436. The standard InChI is InChI=1S/C39H38N2S2/c1-39-19-5-4-13-35(39)31-12-7-11-30(38(31)43-39)33-21-26(25-17-15-24(22-40)16-18-25)20-32(34(33)23-41)29-10-6-9-28-27-8-2-3-14-36(27)42-37(28)29/h2-3,5-11,14-17,19-20,25-28,30-31,35-38H,4,12-13,18,21H2,1H3. The summed E-state index contributed by atoms with van der Waals surface area (Å²) in [6.07, 6.45) is 40.3. The van der Waals surface area contributed by atoms with Gasteiger partial charge in [-0.15, -0.1) is 23.5 Å². The van der Waals surface area contributed by atoms with Gasteiger partial charge in [0.2, 0.25) is 0 Å². The molecule has 0 bridgehead atoms. The van der Waals surface area contributed by atoms with Crippen molar-refractivity contribution in [2.75, 3.05) is 0 Å². The molecule has 0 radical (unpaired) electrons. The van der Waals surface area contributed by atoms with Gasteiger partial charge in [-0.1, -0.05) is 85.1 Å². The molecule has 6 aliphatic carbocycles. The summed E-state index contributed by atoms with van der Waals surface area (Å²) >= 11 is 4.28. The molecule has 8 aliphatic rings. The molecule has 0 amide bonds. The first-order valence-corrected chi connectivity index (χ1v) is 18.0. The Morgan fingerprint density at radius 3 is 2.65 bits per heavy atom. The van der Waals surface area contributed by atoms with Crippen LogP contribution in [0.2, 0.25) is 0 Å².